The third-order valence-corrected chi connectivity index (χ3v) is 6.59. The van der Waals surface area contributed by atoms with E-state index < -0.39 is 0 Å². The van der Waals surface area contributed by atoms with Gasteiger partial charge in [0.25, 0.3) is 0 Å². The van der Waals surface area contributed by atoms with E-state index in [-0.39, 0.29) is 30.3 Å². The summed E-state index contributed by atoms with van der Waals surface area (Å²) in [7, 11) is 0. The number of benzene rings is 2. The molecule has 0 aliphatic carbocycles. The normalized spacial score (nSPS) is 18.4. The highest BCUT2D eigenvalue weighted by atomic mass is 35.5. The maximum absolute atomic E-state index is 12.7. The van der Waals surface area contributed by atoms with Gasteiger partial charge in [-0.05, 0) is 49.2 Å². The molecule has 2 aromatic rings. The average Bonchev–Trinajstić information content (AvgIpc) is 2.88. The lowest BCUT2D eigenvalue weighted by Gasteiger charge is -2.36. The first-order valence-corrected chi connectivity index (χ1v) is 12.0. The number of hydrogen-bond acceptors (Lipinski definition) is 4. The van der Waals surface area contributed by atoms with Gasteiger partial charge in [-0.1, -0.05) is 29.8 Å². The van der Waals surface area contributed by atoms with Crippen molar-refractivity contribution in [3.05, 3.63) is 59.6 Å². The lowest BCUT2D eigenvalue weighted by molar-refractivity contribution is -0.134. The van der Waals surface area contributed by atoms with Crippen LogP contribution in [0.4, 0.5) is 16.2 Å². The molecule has 2 saturated heterocycles. The Hall–Kier alpha value is -3.26. The van der Waals surface area contributed by atoms with Crippen molar-refractivity contribution < 1.29 is 14.4 Å². The number of carbonyl (C=O) groups excluding carboxylic acids is 3. The number of amides is 4. The predicted molar refractivity (Wildman–Crippen MR) is 133 cm³/mol. The molecule has 0 spiro atoms. The van der Waals surface area contributed by atoms with E-state index in [1.165, 1.54) is 0 Å². The van der Waals surface area contributed by atoms with Crippen molar-refractivity contribution >= 4 is 40.8 Å². The molecule has 180 valence electrons. The molecule has 8 nitrogen and oxygen atoms in total. The van der Waals surface area contributed by atoms with Crippen molar-refractivity contribution in [1.82, 2.24) is 15.1 Å². The number of hydrogen-bond donors (Lipinski definition) is 2. The Labute approximate surface area is 204 Å². The summed E-state index contributed by atoms with van der Waals surface area (Å²) < 4.78 is 0. The van der Waals surface area contributed by atoms with Gasteiger partial charge in [-0.3, -0.25) is 9.59 Å². The number of anilines is 2. The molecule has 2 fully saturated rings. The van der Waals surface area contributed by atoms with Gasteiger partial charge in [0, 0.05) is 55.7 Å². The standard InChI is InChI=1S/C25H30ClN5O3/c26-20-8-10-22(11-9-20)29-13-15-30(16-14-29)23(32)17-27-24(33)19-5-4-12-31(18-19)25(34)28-21-6-2-1-3-7-21/h1-3,6-11,19H,4-5,12-18H2,(H,27,33)(H,28,34). The van der Waals surface area contributed by atoms with Gasteiger partial charge in [-0.25, -0.2) is 4.79 Å². The summed E-state index contributed by atoms with van der Waals surface area (Å²) in [5, 5.41) is 6.36. The average molecular weight is 484 g/mol. The van der Waals surface area contributed by atoms with Gasteiger partial charge in [-0.2, -0.15) is 0 Å². The van der Waals surface area contributed by atoms with Crippen LogP contribution in [0.5, 0.6) is 0 Å². The fourth-order valence-electron chi connectivity index (χ4n) is 4.38. The topological polar surface area (TPSA) is 85.0 Å². The zero-order valence-corrected chi connectivity index (χ0v) is 19.8. The van der Waals surface area contributed by atoms with Crippen LogP contribution in [-0.2, 0) is 9.59 Å². The number of carbonyl (C=O) groups is 3. The lowest BCUT2D eigenvalue weighted by atomic mass is 9.97. The summed E-state index contributed by atoms with van der Waals surface area (Å²) in [6, 6.07) is 16.7. The molecule has 0 radical (unpaired) electrons. The summed E-state index contributed by atoms with van der Waals surface area (Å²) in [6.45, 7) is 3.61. The van der Waals surface area contributed by atoms with Gasteiger partial charge in [0.15, 0.2) is 0 Å². The van der Waals surface area contributed by atoms with Crippen LogP contribution in [0.25, 0.3) is 0 Å². The van der Waals surface area contributed by atoms with Crippen LogP contribution in [0.15, 0.2) is 54.6 Å². The first kappa shape index (κ1) is 23.9. The van der Waals surface area contributed by atoms with Crippen LogP contribution in [0.2, 0.25) is 5.02 Å². The van der Waals surface area contributed by atoms with Gasteiger partial charge in [0.05, 0.1) is 12.5 Å². The van der Waals surface area contributed by atoms with E-state index in [1.54, 1.807) is 9.80 Å². The number of likely N-dealkylation sites (tertiary alicyclic amines) is 1. The van der Waals surface area contributed by atoms with Gasteiger partial charge >= 0.3 is 6.03 Å². The molecule has 34 heavy (non-hydrogen) atoms. The monoisotopic (exact) mass is 483 g/mol. The summed E-state index contributed by atoms with van der Waals surface area (Å²) in [6.07, 6.45) is 1.45. The van der Waals surface area contributed by atoms with Crippen LogP contribution < -0.4 is 15.5 Å². The first-order valence-electron chi connectivity index (χ1n) is 11.7. The van der Waals surface area contributed by atoms with E-state index in [0.29, 0.717) is 37.6 Å². The highest BCUT2D eigenvalue weighted by Crippen LogP contribution is 2.20. The van der Waals surface area contributed by atoms with Crippen molar-refractivity contribution in [1.29, 1.82) is 0 Å². The van der Waals surface area contributed by atoms with E-state index >= 15 is 0 Å². The Bertz CT molecular complexity index is 993. The third-order valence-electron chi connectivity index (χ3n) is 6.34. The van der Waals surface area contributed by atoms with E-state index in [2.05, 4.69) is 15.5 Å². The van der Waals surface area contributed by atoms with E-state index in [9.17, 15) is 14.4 Å². The minimum Gasteiger partial charge on any atom is -0.368 e. The summed E-state index contributed by atoms with van der Waals surface area (Å²) in [5.41, 5.74) is 1.81. The number of piperidine rings is 1. The van der Waals surface area contributed by atoms with Crippen molar-refractivity contribution in [3.63, 3.8) is 0 Å². The zero-order chi connectivity index (χ0) is 23.9. The van der Waals surface area contributed by atoms with Gasteiger partial charge < -0.3 is 25.3 Å². The van der Waals surface area contributed by atoms with E-state index in [1.807, 2.05) is 54.6 Å². The smallest absolute Gasteiger partial charge is 0.321 e. The van der Waals surface area contributed by atoms with Crippen molar-refractivity contribution in [3.8, 4) is 0 Å². The number of nitrogens with one attached hydrogen (secondary N) is 2. The minimum absolute atomic E-state index is 0.0213. The zero-order valence-electron chi connectivity index (χ0n) is 19.1. The Morgan fingerprint density at radius 3 is 2.29 bits per heavy atom. The third kappa shape index (κ3) is 6.20. The molecule has 2 aliphatic heterocycles. The predicted octanol–water partition coefficient (Wildman–Crippen LogP) is 3.05. The molecule has 0 bridgehead atoms. The van der Waals surface area contributed by atoms with Crippen LogP contribution in [0, 0.1) is 5.92 Å². The molecule has 0 aromatic heterocycles. The second kappa shape index (κ2) is 11.2. The number of halogens is 1. The first-order chi connectivity index (χ1) is 16.5. The Kier molecular flexibility index (Phi) is 7.90. The number of urea groups is 1. The molecule has 4 rings (SSSR count). The number of rotatable bonds is 5. The van der Waals surface area contributed by atoms with E-state index in [4.69, 9.17) is 11.6 Å². The second-order valence-corrected chi connectivity index (χ2v) is 9.08. The Morgan fingerprint density at radius 2 is 1.59 bits per heavy atom. The van der Waals surface area contributed by atoms with Crippen LogP contribution in [-0.4, -0.2) is 73.5 Å². The van der Waals surface area contributed by atoms with Gasteiger partial charge in [0.2, 0.25) is 11.8 Å². The number of nitrogens with zero attached hydrogens (tertiary/aromatic N) is 3. The fraction of sp³-hybridized carbons (Fsp3) is 0.400. The molecular weight excluding hydrogens is 454 g/mol. The second-order valence-electron chi connectivity index (χ2n) is 8.64. The summed E-state index contributed by atoms with van der Waals surface area (Å²) in [4.78, 5) is 43.6. The summed E-state index contributed by atoms with van der Waals surface area (Å²) >= 11 is 5.96. The SMILES string of the molecule is O=C(NCC(=O)N1CCN(c2ccc(Cl)cc2)CC1)C1CCCN(C(=O)Nc2ccccc2)C1. The minimum atomic E-state index is -0.315. The molecule has 1 atom stereocenters. The van der Waals surface area contributed by atoms with Crippen LogP contribution >= 0.6 is 11.6 Å². The van der Waals surface area contributed by atoms with E-state index in [0.717, 1.165) is 30.9 Å². The maximum atomic E-state index is 12.7. The highest BCUT2D eigenvalue weighted by Gasteiger charge is 2.29. The van der Waals surface area contributed by atoms with Crippen LogP contribution in [0.1, 0.15) is 12.8 Å². The molecule has 2 N–H and O–H groups in total. The molecule has 0 saturated carbocycles. The molecule has 1 unspecified atom stereocenters. The molecular formula is C25H30ClN5O3. The molecule has 4 amide bonds. The summed E-state index contributed by atoms with van der Waals surface area (Å²) in [5.74, 6) is -0.575. The Balaban J connectivity index is 1.20. The number of piperazine rings is 1. The van der Waals surface area contributed by atoms with Gasteiger partial charge in [0.1, 0.15) is 0 Å². The molecule has 2 heterocycles. The largest absolute Gasteiger partial charge is 0.368 e. The highest BCUT2D eigenvalue weighted by molar-refractivity contribution is 6.30. The maximum Gasteiger partial charge on any atom is 0.321 e. The number of para-hydroxylation sites is 1. The molecule has 2 aliphatic rings. The lowest BCUT2D eigenvalue weighted by Crippen LogP contribution is -2.52. The van der Waals surface area contributed by atoms with Crippen molar-refractivity contribution in [2.24, 2.45) is 5.92 Å². The molecule has 2 aromatic carbocycles. The van der Waals surface area contributed by atoms with Crippen molar-refractivity contribution in [2.45, 2.75) is 12.8 Å². The molecule has 9 heteroatoms. The fourth-order valence-corrected chi connectivity index (χ4v) is 4.51. The van der Waals surface area contributed by atoms with Gasteiger partial charge in [-0.15, -0.1) is 0 Å². The quantitative estimate of drug-likeness (QED) is 0.684. The Morgan fingerprint density at radius 1 is 0.882 bits per heavy atom. The van der Waals surface area contributed by atoms with Crippen molar-refractivity contribution in [2.75, 3.05) is 56.0 Å². The van der Waals surface area contributed by atoms with Crippen LogP contribution in [0.3, 0.4) is 0 Å².